The molecule has 2 fully saturated rings. The van der Waals surface area contributed by atoms with Crippen molar-refractivity contribution in [3.05, 3.63) is 42.0 Å². The first kappa shape index (κ1) is 23.9. The number of nitriles is 1. The van der Waals surface area contributed by atoms with Crippen LogP contribution >= 0.6 is 0 Å². The van der Waals surface area contributed by atoms with Crippen LogP contribution in [0.25, 0.3) is 0 Å². The van der Waals surface area contributed by atoms with Crippen molar-refractivity contribution in [1.82, 2.24) is 24.8 Å². The zero-order valence-corrected chi connectivity index (χ0v) is 19.9. The van der Waals surface area contributed by atoms with Crippen molar-refractivity contribution < 1.29 is 9.47 Å². The predicted octanol–water partition coefficient (Wildman–Crippen LogP) is 1.58. The monoisotopic (exact) mass is 464 g/mol. The summed E-state index contributed by atoms with van der Waals surface area (Å²) < 4.78 is 11.4. The Morgan fingerprint density at radius 2 is 2.03 bits per heavy atom. The number of amidine groups is 1. The summed E-state index contributed by atoms with van der Waals surface area (Å²) in [4.78, 5) is 24.6. The lowest BCUT2D eigenvalue weighted by Gasteiger charge is -2.38. The van der Waals surface area contributed by atoms with E-state index in [4.69, 9.17) is 14.7 Å². The molecule has 2 aliphatic rings. The maximum Gasteiger partial charge on any atom is 0.215 e. The number of pyridine rings is 1. The van der Waals surface area contributed by atoms with Crippen molar-refractivity contribution in [1.29, 1.82) is 5.26 Å². The van der Waals surface area contributed by atoms with Crippen LogP contribution < -0.4 is 9.64 Å². The van der Waals surface area contributed by atoms with Crippen LogP contribution in [0.2, 0.25) is 0 Å². The van der Waals surface area contributed by atoms with Crippen molar-refractivity contribution >= 4 is 11.7 Å². The molecule has 2 aromatic rings. The number of aromatic nitrogens is 3. The predicted molar refractivity (Wildman–Crippen MR) is 129 cm³/mol. The number of piperazine rings is 1. The van der Waals surface area contributed by atoms with E-state index in [1.807, 2.05) is 31.3 Å². The lowest BCUT2D eigenvalue weighted by molar-refractivity contribution is -0.0588. The van der Waals surface area contributed by atoms with Crippen LogP contribution in [0.3, 0.4) is 0 Å². The fourth-order valence-electron chi connectivity index (χ4n) is 4.02. The first-order valence-corrected chi connectivity index (χ1v) is 11.8. The van der Waals surface area contributed by atoms with E-state index in [0.29, 0.717) is 23.4 Å². The lowest BCUT2D eigenvalue weighted by Crippen LogP contribution is -2.51. The molecule has 0 aliphatic carbocycles. The van der Waals surface area contributed by atoms with Crippen LogP contribution in [0, 0.1) is 11.3 Å². The van der Waals surface area contributed by atoms with Gasteiger partial charge in [0.05, 0.1) is 18.2 Å². The zero-order chi connectivity index (χ0) is 23.8. The van der Waals surface area contributed by atoms with E-state index >= 15 is 0 Å². The maximum atomic E-state index is 8.85. The van der Waals surface area contributed by atoms with Gasteiger partial charge in [-0.3, -0.25) is 9.89 Å². The molecule has 0 N–H and O–H groups in total. The fourth-order valence-corrected chi connectivity index (χ4v) is 4.02. The number of hydrogen-bond acceptors (Lipinski definition) is 9. The molecular weight excluding hydrogens is 432 g/mol. The number of ether oxygens (including phenoxy) is 2. The number of rotatable bonds is 9. The molecule has 2 saturated heterocycles. The van der Waals surface area contributed by atoms with Crippen LogP contribution in [-0.2, 0) is 11.3 Å². The van der Waals surface area contributed by atoms with Crippen LogP contribution in [0.4, 0.5) is 5.82 Å². The van der Waals surface area contributed by atoms with E-state index in [1.54, 1.807) is 0 Å². The lowest BCUT2D eigenvalue weighted by atomic mass is 10.1. The highest BCUT2D eigenvalue weighted by molar-refractivity contribution is 5.84. The third kappa shape index (κ3) is 6.18. The summed E-state index contributed by atoms with van der Waals surface area (Å²) in [5.74, 6) is 3.08. The van der Waals surface area contributed by atoms with Gasteiger partial charge in [0, 0.05) is 71.4 Å². The normalized spacial score (nSPS) is 18.8. The third-order valence-corrected chi connectivity index (χ3v) is 6.18. The topological polar surface area (TPSA) is 103 Å². The Hall–Kier alpha value is -3.29. The molecule has 4 rings (SSSR count). The van der Waals surface area contributed by atoms with E-state index in [9.17, 15) is 0 Å². The van der Waals surface area contributed by atoms with E-state index in [0.717, 1.165) is 70.5 Å². The van der Waals surface area contributed by atoms with Gasteiger partial charge < -0.3 is 19.3 Å². The zero-order valence-electron chi connectivity index (χ0n) is 19.9. The van der Waals surface area contributed by atoms with Gasteiger partial charge in [-0.1, -0.05) is 6.07 Å². The minimum atomic E-state index is 0.203. The second kappa shape index (κ2) is 11.7. The average Bonchev–Trinajstić information content (AvgIpc) is 2.87. The van der Waals surface area contributed by atoms with Crippen molar-refractivity contribution in [3.63, 3.8) is 0 Å². The minimum Gasteiger partial charge on any atom is -0.469 e. The molecule has 2 aliphatic heterocycles. The molecule has 0 amide bonds. The van der Waals surface area contributed by atoms with Crippen LogP contribution in [0.15, 0.2) is 35.6 Å². The molecule has 1 atom stereocenters. The molecule has 34 heavy (non-hydrogen) atoms. The Balaban J connectivity index is 1.27. The van der Waals surface area contributed by atoms with Gasteiger partial charge in [0.2, 0.25) is 5.88 Å². The molecule has 10 heteroatoms. The number of nitrogens with zero attached hydrogens (tertiary/aromatic N) is 8. The second-order valence-corrected chi connectivity index (χ2v) is 8.35. The summed E-state index contributed by atoms with van der Waals surface area (Å²) in [5, 5.41) is 8.85. The number of aliphatic imine (C=N–C) groups is 1. The Labute approximate surface area is 200 Å². The molecule has 0 unspecified atom stereocenters. The molecule has 0 aromatic carbocycles. The third-order valence-electron chi connectivity index (χ3n) is 6.18. The van der Waals surface area contributed by atoms with E-state index in [2.05, 4.69) is 41.6 Å². The van der Waals surface area contributed by atoms with Crippen LogP contribution in [-0.4, -0.2) is 96.2 Å². The fraction of sp³-hybridized carbons (Fsp3) is 0.542. The van der Waals surface area contributed by atoms with Gasteiger partial charge in [-0.25, -0.2) is 9.97 Å². The maximum absolute atomic E-state index is 8.85. The smallest absolute Gasteiger partial charge is 0.215 e. The van der Waals surface area contributed by atoms with Gasteiger partial charge in [0.15, 0.2) is 5.82 Å². The van der Waals surface area contributed by atoms with E-state index in [-0.39, 0.29) is 6.61 Å². The van der Waals surface area contributed by atoms with Gasteiger partial charge in [-0.15, -0.1) is 0 Å². The van der Waals surface area contributed by atoms with Crippen molar-refractivity contribution in [2.24, 2.45) is 4.99 Å². The summed E-state index contributed by atoms with van der Waals surface area (Å²) in [6.45, 7) is 9.66. The highest BCUT2D eigenvalue weighted by Gasteiger charge is 2.25. The summed E-state index contributed by atoms with van der Waals surface area (Å²) in [5.41, 5.74) is 0.426. The molecular formula is C24H32N8O2. The first-order valence-electron chi connectivity index (χ1n) is 11.8. The number of likely N-dealkylation sites (N-methyl/N-ethyl adjacent to an activating group) is 1. The highest BCUT2D eigenvalue weighted by atomic mass is 16.5. The molecule has 0 bridgehead atoms. The first-order chi connectivity index (χ1) is 16.7. The largest absolute Gasteiger partial charge is 0.469 e. The summed E-state index contributed by atoms with van der Waals surface area (Å²) >= 11 is 0. The van der Waals surface area contributed by atoms with Crippen LogP contribution in [0.5, 0.6) is 5.88 Å². The quantitative estimate of drug-likeness (QED) is 0.404. The highest BCUT2D eigenvalue weighted by Crippen LogP contribution is 2.19. The molecule has 0 radical (unpaired) electrons. The van der Waals surface area contributed by atoms with Crippen molar-refractivity contribution in [3.8, 4) is 11.9 Å². The Kier molecular flexibility index (Phi) is 8.22. The molecule has 4 heterocycles. The molecule has 0 spiro atoms. The van der Waals surface area contributed by atoms with Crippen LogP contribution in [0.1, 0.15) is 24.7 Å². The van der Waals surface area contributed by atoms with E-state index in [1.165, 1.54) is 12.4 Å². The van der Waals surface area contributed by atoms with Gasteiger partial charge in [0.25, 0.3) is 0 Å². The van der Waals surface area contributed by atoms with E-state index < -0.39 is 0 Å². The Bertz CT molecular complexity index is 995. The van der Waals surface area contributed by atoms with Gasteiger partial charge in [0.1, 0.15) is 24.3 Å². The summed E-state index contributed by atoms with van der Waals surface area (Å²) in [6.07, 6.45) is 4.47. The Morgan fingerprint density at radius 3 is 2.65 bits per heavy atom. The minimum absolute atomic E-state index is 0.203. The summed E-state index contributed by atoms with van der Waals surface area (Å²) in [6, 6.07) is 7.80. The summed E-state index contributed by atoms with van der Waals surface area (Å²) in [7, 11) is 1.88. The number of hydrogen-bond donors (Lipinski definition) is 0. The average molecular weight is 465 g/mol. The Morgan fingerprint density at radius 1 is 1.26 bits per heavy atom. The van der Waals surface area contributed by atoms with Gasteiger partial charge >= 0.3 is 0 Å². The number of anilines is 1. The van der Waals surface area contributed by atoms with Gasteiger partial charge in [-0.2, -0.15) is 10.2 Å². The van der Waals surface area contributed by atoms with Gasteiger partial charge in [-0.05, 0) is 19.4 Å². The molecule has 180 valence electrons. The second-order valence-electron chi connectivity index (χ2n) is 8.35. The SMILES string of the molecule is CCN(C[C@@H]1CCO1)C(CN1CCN(c2cccc(OCc3ncc(C#N)cn3)n2)CC1)=NC. The van der Waals surface area contributed by atoms with Crippen molar-refractivity contribution in [2.75, 3.05) is 64.4 Å². The van der Waals surface area contributed by atoms with Crippen molar-refractivity contribution in [2.45, 2.75) is 26.1 Å². The molecule has 2 aromatic heterocycles. The standard InChI is InChI=1S/C24H32N8O2/c1-3-31(16-20-7-12-33-20)23(26-2)17-30-8-10-32(11-9-30)22-5-4-6-24(29-22)34-18-21-27-14-19(13-25)15-28-21/h4-6,14-15,20H,3,7-12,16-18H2,1-2H3/t20-/m0/s1. The molecule has 10 nitrogen and oxygen atoms in total. The molecule has 0 saturated carbocycles.